The molecule has 0 bridgehead atoms. The number of nitrogens with zero attached hydrogens (tertiary/aromatic N) is 3. The molecule has 2 fully saturated rings. The van der Waals surface area contributed by atoms with Gasteiger partial charge in [-0.3, -0.25) is 4.79 Å². The van der Waals surface area contributed by atoms with Gasteiger partial charge in [0.1, 0.15) is 12.2 Å². The van der Waals surface area contributed by atoms with Crippen LogP contribution in [-0.2, 0) is 36.8 Å². The van der Waals surface area contributed by atoms with E-state index in [9.17, 15) is 9.59 Å². The Bertz CT molecular complexity index is 860. The molecule has 1 aliphatic carbocycles. The van der Waals surface area contributed by atoms with Crippen molar-refractivity contribution >= 4 is 11.9 Å². The molecule has 0 radical (unpaired) electrons. The minimum atomic E-state index is -0.297. The van der Waals surface area contributed by atoms with E-state index in [0.717, 1.165) is 31.4 Å². The second-order valence-corrected chi connectivity index (χ2v) is 8.29. The zero-order valence-corrected chi connectivity index (χ0v) is 16.9. The van der Waals surface area contributed by atoms with Crippen molar-refractivity contribution in [1.29, 1.82) is 0 Å². The molecule has 156 valence electrons. The maximum Gasteiger partial charge on any atom is 0.334 e. The number of hydrogen-bond donors (Lipinski definition) is 0. The molecule has 4 rings (SSSR count). The summed E-state index contributed by atoms with van der Waals surface area (Å²) >= 11 is 0. The molecule has 2 saturated heterocycles. The van der Waals surface area contributed by atoms with E-state index in [-0.39, 0.29) is 35.7 Å². The molecule has 8 heteroatoms. The van der Waals surface area contributed by atoms with E-state index in [0.29, 0.717) is 25.1 Å². The highest BCUT2D eigenvalue weighted by Gasteiger charge is 2.61. The highest BCUT2D eigenvalue weighted by Crippen LogP contribution is 2.49. The van der Waals surface area contributed by atoms with Crippen LogP contribution in [0.1, 0.15) is 45.2 Å². The van der Waals surface area contributed by atoms with Gasteiger partial charge in [-0.1, -0.05) is 23.4 Å². The molecule has 0 saturated carbocycles. The van der Waals surface area contributed by atoms with Gasteiger partial charge in [0.05, 0.1) is 24.4 Å². The fourth-order valence-electron chi connectivity index (χ4n) is 4.30. The maximum atomic E-state index is 12.1. The zero-order valence-electron chi connectivity index (χ0n) is 16.9. The molecule has 0 unspecified atom stereocenters. The lowest BCUT2D eigenvalue weighted by Crippen LogP contribution is -2.29. The molecule has 0 spiro atoms. The third-order valence-corrected chi connectivity index (χ3v) is 6.05. The van der Waals surface area contributed by atoms with Crippen molar-refractivity contribution in [1.82, 2.24) is 15.0 Å². The van der Waals surface area contributed by atoms with E-state index in [2.05, 4.69) is 29.9 Å². The third kappa shape index (κ3) is 4.27. The number of allylic oxidation sites excluding steroid dienone is 2. The first kappa shape index (κ1) is 19.8. The van der Waals surface area contributed by atoms with Crippen LogP contribution in [0.2, 0.25) is 0 Å². The lowest BCUT2D eigenvalue weighted by Gasteiger charge is -2.20. The van der Waals surface area contributed by atoms with Gasteiger partial charge < -0.3 is 14.2 Å². The highest BCUT2D eigenvalue weighted by molar-refractivity contribution is 5.91. The number of fused-ring (bicyclic) bond motifs is 3. The Morgan fingerprint density at radius 3 is 3.10 bits per heavy atom. The van der Waals surface area contributed by atoms with Crippen LogP contribution < -0.4 is 0 Å². The maximum absolute atomic E-state index is 12.1. The van der Waals surface area contributed by atoms with Gasteiger partial charge in [-0.05, 0) is 32.6 Å². The quantitative estimate of drug-likeness (QED) is 0.323. The van der Waals surface area contributed by atoms with Crippen molar-refractivity contribution in [3.8, 4) is 0 Å². The topological polar surface area (TPSA) is 95.8 Å². The summed E-state index contributed by atoms with van der Waals surface area (Å²) < 4.78 is 18.3. The van der Waals surface area contributed by atoms with E-state index in [1.807, 2.05) is 6.20 Å². The normalized spacial score (nSPS) is 33.2. The first-order valence-corrected chi connectivity index (χ1v) is 10.1. The number of hydrogen-bond acceptors (Lipinski definition) is 7. The van der Waals surface area contributed by atoms with Gasteiger partial charge in [-0.25, -0.2) is 9.48 Å². The molecular formula is C21H27N3O5. The van der Waals surface area contributed by atoms with E-state index in [1.54, 1.807) is 4.68 Å². The number of esters is 2. The minimum absolute atomic E-state index is 0.00846. The van der Waals surface area contributed by atoms with Crippen molar-refractivity contribution in [3.63, 3.8) is 0 Å². The van der Waals surface area contributed by atoms with E-state index in [1.165, 1.54) is 12.5 Å². The third-order valence-electron chi connectivity index (χ3n) is 6.05. The van der Waals surface area contributed by atoms with Crippen molar-refractivity contribution in [2.24, 2.45) is 5.92 Å². The van der Waals surface area contributed by atoms with Crippen LogP contribution in [0.15, 0.2) is 30.0 Å². The number of ether oxygens (including phenoxy) is 3. The number of aromatic nitrogens is 3. The van der Waals surface area contributed by atoms with Crippen molar-refractivity contribution in [3.05, 3.63) is 35.7 Å². The molecule has 0 N–H and O–H groups in total. The average Bonchev–Trinajstić information content (AvgIpc) is 2.98. The van der Waals surface area contributed by atoms with Gasteiger partial charge in [-0.15, -0.1) is 5.10 Å². The molecule has 1 aromatic heterocycles. The molecule has 8 nitrogen and oxygen atoms in total. The first-order valence-electron chi connectivity index (χ1n) is 10.1. The minimum Gasteiger partial charge on any atom is -0.465 e. The summed E-state index contributed by atoms with van der Waals surface area (Å²) in [5.41, 5.74) is 2.36. The average molecular weight is 401 g/mol. The fourth-order valence-corrected chi connectivity index (χ4v) is 4.30. The van der Waals surface area contributed by atoms with Gasteiger partial charge in [0.15, 0.2) is 0 Å². The number of carbonyl (C=O) groups is 2. The van der Waals surface area contributed by atoms with E-state index < -0.39 is 0 Å². The van der Waals surface area contributed by atoms with Crippen LogP contribution in [-0.4, -0.2) is 51.3 Å². The van der Waals surface area contributed by atoms with Crippen LogP contribution in [0.4, 0.5) is 0 Å². The van der Waals surface area contributed by atoms with Gasteiger partial charge >= 0.3 is 11.9 Å². The Morgan fingerprint density at radius 2 is 2.31 bits per heavy atom. The number of carbonyl (C=O) groups excluding carboxylic acids is 2. The summed E-state index contributed by atoms with van der Waals surface area (Å²) in [5, 5.41) is 8.35. The van der Waals surface area contributed by atoms with Crippen molar-refractivity contribution in [2.75, 3.05) is 6.61 Å². The lowest BCUT2D eigenvalue weighted by molar-refractivity contribution is -0.141. The summed E-state index contributed by atoms with van der Waals surface area (Å²) in [6.45, 7) is 8.38. The molecule has 2 aliphatic heterocycles. The van der Waals surface area contributed by atoms with Crippen LogP contribution in [0, 0.1) is 5.92 Å². The Labute approximate surface area is 169 Å². The monoisotopic (exact) mass is 401 g/mol. The summed E-state index contributed by atoms with van der Waals surface area (Å²) in [6, 6.07) is 0. The highest BCUT2D eigenvalue weighted by atomic mass is 16.6. The molecule has 4 atom stereocenters. The van der Waals surface area contributed by atoms with Crippen molar-refractivity contribution < 1.29 is 23.8 Å². The largest absolute Gasteiger partial charge is 0.465 e. The van der Waals surface area contributed by atoms with Crippen LogP contribution >= 0.6 is 0 Å². The molecule has 3 aliphatic rings. The predicted molar refractivity (Wildman–Crippen MR) is 103 cm³/mol. The molecule has 0 aromatic carbocycles. The SMILES string of the molecule is C=C1C(=O)O[C@H]2[C@H]1CC/C(Cn1cc(CCOC(C)=O)nn1)=C\CC[C@@]1(C)O[C@@H]21. The lowest BCUT2D eigenvalue weighted by atomic mass is 9.84. The summed E-state index contributed by atoms with van der Waals surface area (Å²) in [4.78, 5) is 22.9. The Kier molecular flexibility index (Phi) is 5.29. The molecule has 0 amide bonds. The Morgan fingerprint density at radius 1 is 1.48 bits per heavy atom. The van der Waals surface area contributed by atoms with E-state index in [4.69, 9.17) is 14.2 Å². The Hall–Kier alpha value is -2.48. The second-order valence-electron chi connectivity index (χ2n) is 8.29. The molecular weight excluding hydrogens is 374 g/mol. The number of rotatable bonds is 5. The standard InChI is InChI=1S/C21H27N3O5/c1-13-17-7-6-15(11-24-12-16(22-23-24)8-10-27-14(2)25)5-4-9-21(3)19(29-21)18(17)28-20(13)26/h5,12,17-19H,1,4,6-11H2,2-3H3/b15-5+/t17-,18-,19-,21+/m0/s1. The van der Waals surface area contributed by atoms with Crippen LogP contribution in [0.5, 0.6) is 0 Å². The fraction of sp³-hybridized carbons (Fsp3) is 0.619. The van der Waals surface area contributed by atoms with Gasteiger partial charge in [0.2, 0.25) is 0 Å². The summed E-state index contributed by atoms with van der Waals surface area (Å²) in [7, 11) is 0. The van der Waals surface area contributed by atoms with Gasteiger partial charge in [0, 0.05) is 31.0 Å². The summed E-state index contributed by atoms with van der Waals surface area (Å²) in [5.74, 6) is -0.601. The number of epoxide rings is 1. The molecule has 29 heavy (non-hydrogen) atoms. The second kappa shape index (κ2) is 7.74. The first-order chi connectivity index (χ1) is 13.9. The van der Waals surface area contributed by atoms with Crippen LogP contribution in [0.25, 0.3) is 0 Å². The zero-order chi connectivity index (χ0) is 20.6. The summed E-state index contributed by atoms with van der Waals surface area (Å²) in [6.07, 6.45) is 7.85. The molecule has 3 heterocycles. The smallest absolute Gasteiger partial charge is 0.334 e. The Balaban J connectivity index is 1.42. The van der Waals surface area contributed by atoms with Crippen molar-refractivity contribution in [2.45, 2.75) is 70.3 Å². The van der Waals surface area contributed by atoms with Gasteiger partial charge in [-0.2, -0.15) is 0 Å². The van der Waals surface area contributed by atoms with E-state index >= 15 is 0 Å². The van der Waals surface area contributed by atoms with Crippen LogP contribution in [0.3, 0.4) is 0 Å². The van der Waals surface area contributed by atoms with Gasteiger partial charge in [0.25, 0.3) is 0 Å². The molecule has 1 aromatic rings. The predicted octanol–water partition coefficient (Wildman–Crippen LogP) is 2.14.